The Kier molecular flexibility index (Phi) is 24.3. The van der Waals surface area contributed by atoms with Gasteiger partial charge in [0.25, 0.3) is 0 Å². The van der Waals surface area contributed by atoms with Crippen molar-refractivity contribution in [2.75, 3.05) is 18.1 Å². The molecular formula is C65H77N11O10S2. The molecule has 8 atom stereocenters. The van der Waals surface area contributed by atoms with E-state index in [9.17, 15) is 48.3 Å². The number of para-hydroxylation sites is 1. The first-order chi connectivity index (χ1) is 42.2. The Morgan fingerprint density at radius 3 is 1.44 bits per heavy atom. The fourth-order valence-corrected chi connectivity index (χ4v) is 10.8. The van der Waals surface area contributed by atoms with Gasteiger partial charge in [-0.05, 0) is 93.7 Å². The zero-order valence-electron chi connectivity index (χ0n) is 49.2. The number of aromatic nitrogens is 1. The van der Waals surface area contributed by atoms with E-state index in [0.29, 0.717) is 24.0 Å². The summed E-state index contributed by atoms with van der Waals surface area (Å²) in [6.07, 6.45) is 2.41. The van der Waals surface area contributed by atoms with Crippen LogP contribution in [-0.4, -0.2) is 130 Å². The number of phenols is 1. The first-order valence-electron chi connectivity index (χ1n) is 29.1. The quantitative estimate of drug-likeness (QED) is 0.0220. The second-order valence-electron chi connectivity index (χ2n) is 22.1. The summed E-state index contributed by atoms with van der Waals surface area (Å²) in [7, 11) is 0. The number of nitrogens with two attached hydrogens (primary N) is 2. The summed E-state index contributed by atoms with van der Waals surface area (Å²) in [6.45, 7) is 4.89. The number of aromatic amines is 1. The fourth-order valence-electron chi connectivity index (χ4n) is 10.2. The molecule has 0 aliphatic rings. The lowest BCUT2D eigenvalue weighted by Gasteiger charge is -2.29. The van der Waals surface area contributed by atoms with Crippen LogP contribution in [0.1, 0.15) is 62.3 Å². The van der Waals surface area contributed by atoms with Crippen molar-refractivity contribution in [2.45, 2.75) is 114 Å². The number of primary amides is 1. The second kappa shape index (κ2) is 32.2. The fraction of sp³-hybridized carbons (Fsp3) is 0.338. The molecule has 1 heterocycles. The summed E-state index contributed by atoms with van der Waals surface area (Å²) in [4.78, 5) is 129. The standard InChI is InChI=1S/C65H77N11O10S2/c1-37(2)57(65(86)75-56(36-88)63(84)71-51(58(67)79)31-40-19-23-42-12-4-6-14-44(42)28-40)76-59(80)50(18-10-11-27-66)70-62(83)54(33-46-34-68-49-17-9-8-16-48(46)49)73-61(82)53(30-39-21-25-47(78)26-22-39)72-64(85)55(35-87)74-60(81)52(69-38(3)77)32-41-20-24-43-13-5-7-15-45(43)29-41/h4-9,12-17,19-26,28-29,34,37,50-57,68,78,87-88H,10-11,18,27,30-33,35-36,66H2,1-3H3,(H2,67,79)(H,69,77)(H,70,83)(H,71,84)(H,72,85)(H,73,82)(H,74,81)(H,75,86)(H,76,80)/t50-,51+,52-,53-,54+,55+,56-,57-/m0/s1. The highest BCUT2D eigenvalue weighted by Crippen LogP contribution is 2.22. The first-order valence-corrected chi connectivity index (χ1v) is 30.4. The van der Waals surface area contributed by atoms with Crippen molar-refractivity contribution in [3.63, 3.8) is 0 Å². The van der Waals surface area contributed by atoms with E-state index < -0.39 is 107 Å². The molecule has 0 spiro atoms. The lowest BCUT2D eigenvalue weighted by molar-refractivity contribution is -0.136. The SMILES string of the molecule is CC(=O)N[C@@H](Cc1ccc2ccccc2c1)C(=O)N[C@H](CS)C(=O)N[C@@H](Cc1ccc(O)cc1)C(=O)N[C@H](Cc1c[nH]c2ccccc12)C(=O)N[C@@H](CCCCN)C(=O)N[C@H](C(=O)N[C@@H](CS)C(=O)N[C@H](Cc1ccc2ccccc2c1)C(N)=O)C(C)C. The minimum atomic E-state index is -1.43. The maximum Gasteiger partial charge on any atom is 0.244 e. The molecule has 0 fully saturated rings. The predicted molar refractivity (Wildman–Crippen MR) is 345 cm³/mol. The van der Waals surface area contributed by atoms with E-state index in [1.54, 1.807) is 32.2 Å². The molecule has 23 heteroatoms. The van der Waals surface area contributed by atoms with E-state index in [0.717, 1.165) is 43.6 Å². The highest BCUT2D eigenvalue weighted by atomic mass is 32.1. The Morgan fingerprint density at radius 2 is 0.909 bits per heavy atom. The molecule has 0 unspecified atom stereocenters. The number of amides is 9. The normalized spacial score (nSPS) is 14.0. The number of carbonyl (C=O) groups is 9. The number of fused-ring (bicyclic) bond motifs is 3. The minimum Gasteiger partial charge on any atom is -0.508 e. The second-order valence-corrected chi connectivity index (χ2v) is 22.8. The van der Waals surface area contributed by atoms with Crippen molar-refractivity contribution in [1.82, 2.24) is 47.5 Å². The van der Waals surface area contributed by atoms with Crippen molar-refractivity contribution in [1.29, 1.82) is 0 Å². The van der Waals surface area contributed by atoms with Gasteiger partial charge in [0.15, 0.2) is 0 Å². The van der Waals surface area contributed by atoms with Gasteiger partial charge in [-0.3, -0.25) is 43.2 Å². The van der Waals surface area contributed by atoms with Crippen LogP contribution in [0.5, 0.6) is 5.75 Å². The summed E-state index contributed by atoms with van der Waals surface area (Å²) in [5.74, 6) is -7.74. The molecule has 0 aliphatic carbocycles. The van der Waals surface area contributed by atoms with Crippen LogP contribution in [-0.2, 0) is 68.8 Å². The number of benzene rings is 6. The number of unbranched alkanes of at least 4 members (excludes halogenated alkanes) is 1. The first kappa shape index (κ1) is 66.6. The largest absolute Gasteiger partial charge is 0.508 e. The molecule has 0 saturated heterocycles. The van der Waals surface area contributed by atoms with Crippen LogP contribution >= 0.6 is 25.3 Å². The minimum absolute atomic E-state index is 0.0454. The lowest BCUT2D eigenvalue weighted by Crippen LogP contribution is -2.61. The molecule has 464 valence electrons. The number of phenolic OH excluding ortho intramolecular Hbond substituents is 1. The van der Waals surface area contributed by atoms with Crippen LogP contribution < -0.4 is 54.0 Å². The number of H-pyrrole nitrogens is 1. The topological polar surface area (TPSA) is 338 Å². The molecule has 0 saturated carbocycles. The number of rotatable bonds is 31. The molecule has 1 aromatic heterocycles. The Labute approximate surface area is 521 Å². The average molecular weight is 1240 g/mol. The van der Waals surface area contributed by atoms with Crippen LogP contribution in [0.2, 0.25) is 0 Å². The maximum absolute atomic E-state index is 15.0. The van der Waals surface area contributed by atoms with Gasteiger partial charge in [-0.15, -0.1) is 0 Å². The molecule has 88 heavy (non-hydrogen) atoms. The number of hydrogen-bond acceptors (Lipinski definition) is 13. The van der Waals surface area contributed by atoms with Crippen LogP contribution in [0.3, 0.4) is 0 Å². The van der Waals surface area contributed by atoms with E-state index in [1.165, 1.54) is 19.1 Å². The van der Waals surface area contributed by atoms with Gasteiger partial charge in [0.2, 0.25) is 53.2 Å². The Hall–Kier alpha value is -8.93. The van der Waals surface area contributed by atoms with Crippen LogP contribution in [0.25, 0.3) is 32.4 Å². The summed E-state index contributed by atoms with van der Waals surface area (Å²) in [5.41, 5.74) is 15.0. The highest BCUT2D eigenvalue weighted by molar-refractivity contribution is 7.80. The molecule has 14 N–H and O–H groups in total. The number of hydrogen-bond donors (Lipinski definition) is 14. The Balaban J connectivity index is 1.09. The molecular weight excluding hydrogens is 1160 g/mol. The van der Waals surface area contributed by atoms with Crippen LogP contribution in [0, 0.1) is 5.92 Å². The zero-order chi connectivity index (χ0) is 63.4. The molecule has 7 aromatic rings. The van der Waals surface area contributed by atoms with Gasteiger partial charge in [-0.1, -0.05) is 129 Å². The van der Waals surface area contributed by atoms with Gasteiger partial charge in [-0.25, -0.2) is 0 Å². The van der Waals surface area contributed by atoms with Gasteiger partial charge in [-0.2, -0.15) is 25.3 Å². The summed E-state index contributed by atoms with van der Waals surface area (Å²) < 4.78 is 0. The van der Waals surface area contributed by atoms with Gasteiger partial charge >= 0.3 is 0 Å². The van der Waals surface area contributed by atoms with Gasteiger partial charge in [0.05, 0.1) is 0 Å². The lowest BCUT2D eigenvalue weighted by atomic mass is 9.99. The van der Waals surface area contributed by atoms with Gasteiger partial charge < -0.3 is 64.1 Å². The summed E-state index contributed by atoms with van der Waals surface area (Å²) in [6, 6.07) is 29.5. The van der Waals surface area contributed by atoms with Crippen LogP contribution in [0.4, 0.5) is 0 Å². The van der Waals surface area contributed by atoms with E-state index in [2.05, 4.69) is 72.8 Å². The third-order valence-corrected chi connectivity index (χ3v) is 15.8. The number of carbonyl (C=O) groups excluding carboxylic acids is 9. The molecule has 0 radical (unpaired) electrons. The van der Waals surface area contributed by atoms with E-state index in [-0.39, 0.29) is 55.9 Å². The molecule has 6 aromatic carbocycles. The third kappa shape index (κ3) is 18.8. The molecule has 21 nitrogen and oxygen atoms in total. The van der Waals surface area contributed by atoms with Crippen LogP contribution in [0.15, 0.2) is 140 Å². The van der Waals surface area contributed by atoms with E-state index >= 15 is 0 Å². The zero-order valence-corrected chi connectivity index (χ0v) is 51.0. The third-order valence-electron chi connectivity index (χ3n) is 15.1. The number of aromatic hydroxyl groups is 1. The Morgan fingerprint density at radius 1 is 0.477 bits per heavy atom. The average Bonchev–Trinajstić information content (AvgIpc) is 2.55. The van der Waals surface area contributed by atoms with Crippen molar-refractivity contribution >= 4 is 111 Å². The van der Waals surface area contributed by atoms with Crippen molar-refractivity contribution in [3.8, 4) is 5.75 Å². The number of nitrogens with one attached hydrogen (secondary N) is 9. The smallest absolute Gasteiger partial charge is 0.244 e. The van der Waals surface area contributed by atoms with Gasteiger partial charge in [0, 0.05) is 61.2 Å². The molecule has 9 amide bonds. The van der Waals surface area contributed by atoms with E-state index in [4.69, 9.17) is 11.5 Å². The summed E-state index contributed by atoms with van der Waals surface area (Å²) >= 11 is 8.73. The maximum atomic E-state index is 15.0. The van der Waals surface area contributed by atoms with E-state index in [1.807, 2.05) is 109 Å². The molecule has 0 aliphatic heterocycles. The molecule has 7 rings (SSSR count). The predicted octanol–water partition coefficient (Wildman–Crippen LogP) is 3.48. The monoisotopic (exact) mass is 1240 g/mol. The Bertz CT molecular complexity index is 3620. The van der Waals surface area contributed by atoms with Crippen molar-refractivity contribution in [3.05, 3.63) is 162 Å². The van der Waals surface area contributed by atoms with Crippen molar-refractivity contribution < 1.29 is 48.3 Å². The number of thiol groups is 2. The van der Waals surface area contributed by atoms with Gasteiger partial charge in [0.1, 0.15) is 54.1 Å². The molecule has 0 bridgehead atoms. The van der Waals surface area contributed by atoms with Crippen molar-refractivity contribution in [2.24, 2.45) is 17.4 Å². The highest BCUT2D eigenvalue weighted by Gasteiger charge is 2.36. The summed E-state index contributed by atoms with van der Waals surface area (Å²) in [5, 5.41) is 36.5.